The summed E-state index contributed by atoms with van der Waals surface area (Å²) in [6.07, 6.45) is 2.59. The summed E-state index contributed by atoms with van der Waals surface area (Å²) in [6, 6.07) is 6.80. The fourth-order valence-electron chi connectivity index (χ4n) is 2.94. The minimum Gasteiger partial charge on any atom is -0.465 e. The molecule has 128 valence electrons. The SMILES string of the molecule is CCOC(=O)C1(NS(=O)(=O)c2ccc(C(C)C)cc2)CCCC1. The Morgan fingerprint density at radius 1 is 1.22 bits per heavy atom. The van der Waals surface area contributed by atoms with Crippen molar-refractivity contribution in [3.8, 4) is 0 Å². The number of esters is 1. The summed E-state index contributed by atoms with van der Waals surface area (Å²) in [5, 5.41) is 0. The molecule has 0 amide bonds. The first kappa shape index (κ1) is 17.9. The Morgan fingerprint density at radius 2 is 1.78 bits per heavy atom. The maximum atomic E-state index is 12.7. The smallest absolute Gasteiger partial charge is 0.327 e. The second-order valence-electron chi connectivity index (χ2n) is 6.34. The molecule has 0 aromatic heterocycles. The van der Waals surface area contributed by atoms with E-state index in [-0.39, 0.29) is 11.5 Å². The van der Waals surface area contributed by atoms with Gasteiger partial charge in [-0.25, -0.2) is 8.42 Å². The number of rotatable bonds is 6. The molecule has 0 radical (unpaired) electrons. The third-order valence-corrected chi connectivity index (χ3v) is 5.86. The fraction of sp³-hybridized carbons (Fsp3) is 0.588. The van der Waals surface area contributed by atoms with Crippen LogP contribution in [0, 0.1) is 0 Å². The third kappa shape index (κ3) is 3.93. The predicted octanol–water partition coefficient (Wildman–Crippen LogP) is 2.96. The standard InChI is InChI=1S/C17H25NO4S/c1-4-22-16(19)17(11-5-6-12-17)18-23(20,21)15-9-7-14(8-10-15)13(2)3/h7-10,13,18H,4-6,11-12H2,1-3H3. The van der Waals surface area contributed by atoms with E-state index in [4.69, 9.17) is 4.74 Å². The summed E-state index contributed by atoms with van der Waals surface area (Å²) in [6.45, 7) is 6.07. The van der Waals surface area contributed by atoms with E-state index in [1.165, 1.54) is 0 Å². The summed E-state index contributed by atoms with van der Waals surface area (Å²) in [7, 11) is -3.76. The average Bonchev–Trinajstić information content (AvgIpc) is 2.96. The molecule has 0 bridgehead atoms. The van der Waals surface area contributed by atoms with Gasteiger partial charge >= 0.3 is 5.97 Å². The van der Waals surface area contributed by atoms with Gasteiger partial charge in [0, 0.05) is 0 Å². The second kappa shape index (κ2) is 7.01. The van der Waals surface area contributed by atoms with E-state index in [2.05, 4.69) is 18.6 Å². The molecule has 1 aromatic rings. The van der Waals surface area contributed by atoms with Crippen molar-refractivity contribution in [2.45, 2.75) is 62.8 Å². The van der Waals surface area contributed by atoms with Gasteiger partial charge in [-0.2, -0.15) is 4.72 Å². The summed E-state index contributed by atoms with van der Waals surface area (Å²) >= 11 is 0. The van der Waals surface area contributed by atoms with Crippen LogP contribution in [0.4, 0.5) is 0 Å². The Hall–Kier alpha value is -1.40. The minimum atomic E-state index is -3.76. The van der Waals surface area contributed by atoms with Crippen LogP contribution in [0.2, 0.25) is 0 Å². The van der Waals surface area contributed by atoms with Crippen molar-refractivity contribution in [1.82, 2.24) is 4.72 Å². The van der Waals surface area contributed by atoms with Gasteiger partial charge in [0.05, 0.1) is 11.5 Å². The fourth-order valence-corrected chi connectivity index (χ4v) is 4.36. The largest absolute Gasteiger partial charge is 0.465 e. The lowest BCUT2D eigenvalue weighted by atomic mass is 10.00. The van der Waals surface area contributed by atoms with Crippen molar-refractivity contribution in [2.24, 2.45) is 0 Å². The molecular weight excluding hydrogens is 314 g/mol. The van der Waals surface area contributed by atoms with Gasteiger partial charge in [-0.1, -0.05) is 38.8 Å². The van der Waals surface area contributed by atoms with Crippen molar-refractivity contribution < 1.29 is 17.9 Å². The number of sulfonamides is 1. The molecule has 0 heterocycles. The Balaban J connectivity index is 2.26. The molecule has 1 N–H and O–H groups in total. The monoisotopic (exact) mass is 339 g/mol. The van der Waals surface area contributed by atoms with Crippen molar-refractivity contribution >= 4 is 16.0 Å². The summed E-state index contributed by atoms with van der Waals surface area (Å²) in [5.74, 6) is -0.139. The van der Waals surface area contributed by atoms with Crippen LogP contribution < -0.4 is 4.72 Å². The van der Waals surface area contributed by atoms with Crippen molar-refractivity contribution in [1.29, 1.82) is 0 Å². The van der Waals surface area contributed by atoms with E-state index in [0.29, 0.717) is 18.8 Å². The highest BCUT2D eigenvalue weighted by Crippen LogP contribution is 2.32. The van der Waals surface area contributed by atoms with Crippen LogP contribution in [-0.4, -0.2) is 26.5 Å². The van der Waals surface area contributed by atoms with Gasteiger partial charge in [0.25, 0.3) is 0 Å². The van der Waals surface area contributed by atoms with Gasteiger partial charge in [-0.15, -0.1) is 0 Å². The zero-order chi connectivity index (χ0) is 17.1. The first-order chi connectivity index (χ1) is 10.8. The van der Waals surface area contributed by atoms with E-state index in [1.807, 2.05) is 12.1 Å². The Labute approximate surface area is 138 Å². The van der Waals surface area contributed by atoms with E-state index in [0.717, 1.165) is 18.4 Å². The molecule has 0 spiro atoms. The maximum absolute atomic E-state index is 12.7. The van der Waals surface area contributed by atoms with Crippen LogP contribution in [0.5, 0.6) is 0 Å². The zero-order valence-corrected chi connectivity index (χ0v) is 14.8. The van der Waals surface area contributed by atoms with E-state index in [1.54, 1.807) is 19.1 Å². The van der Waals surface area contributed by atoms with Crippen molar-refractivity contribution in [3.63, 3.8) is 0 Å². The molecule has 0 saturated heterocycles. The number of nitrogens with one attached hydrogen (secondary N) is 1. The van der Waals surface area contributed by atoms with Crippen LogP contribution in [0.25, 0.3) is 0 Å². The van der Waals surface area contributed by atoms with Crippen LogP contribution in [0.1, 0.15) is 57.9 Å². The van der Waals surface area contributed by atoms with Crippen LogP contribution in [-0.2, 0) is 19.6 Å². The lowest BCUT2D eigenvalue weighted by Crippen LogP contribution is -2.53. The van der Waals surface area contributed by atoms with Gasteiger partial charge in [0.1, 0.15) is 5.54 Å². The maximum Gasteiger partial charge on any atom is 0.327 e. The van der Waals surface area contributed by atoms with Crippen molar-refractivity contribution in [3.05, 3.63) is 29.8 Å². The van der Waals surface area contributed by atoms with E-state index < -0.39 is 21.5 Å². The Bertz CT molecular complexity index is 644. The zero-order valence-electron chi connectivity index (χ0n) is 14.0. The van der Waals surface area contributed by atoms with Crippen LogP contribution >= 0.6 is 0 Å². The number of hydrogen-bond donors (Lipinski definition) is 1. The Morgan fingerprint density at radius 3 is 2.26 bits per heavy atom. The van der Waals surface area contributed by atoms with Gasteiger partial charge in [-0.05, 0) is 43.4 Å². The van der Waals surface area contributed by atoms with Gasteiger partial charge < -0.3 is 4.74 Å². The number of ether oxygens (including phenoxy) is 1. The molecule has 1 aliphatic carbocycles. The van der Waals surface area contributed by atoms with Crippen LogP contribution in [0.15, 0.2) is 29.2 Å². The molecule has 1 aromatic carbocycles. The number of carbonyl (C=O) groups excluding carboxylic acids is 1. The van der Waals surface area contributed by atoms with E-state index in [9.17, 15) is 13.2 Å². The molecule has 1 fully saturated rings. The number of carbonyl (C=O) groups is 1. The topological polar surface area (TPSA) is 72.5 Å². The lowest BCUT2D eigenvalue weighted by Gasteiger charge is -2.27. The molecule has 1 aliphatic rings. The highest BCUT2D eigenvalue weighted by atomic mass is 32.2. The normalized spacial score (nSPS) is 17.4. The molecule has 23 heavy (non-hydrogen) atoms. The molecule has 0 unspecified atom stereocenters. The first-order valence-electron chi connectivity index (χ1n) is 8.12. The molecule has 6 heteroatoms. The molecule has 5 nitrogen and oxygen atoms in total. The Kier molecular flexibility index (Phi) is 5.47. The molecule has 2 rings (SSSR count). The van der Waals surface area contributed by atoms with Crippen molar-refractivity contribution in [2.75, 3.05) is 6.61 Å². The lowest BCUT2D eigenvalue weighted by molar-refractivity contribution is -0.150. The number of benzene rings is 1. The molecular formula is C17H25NO4S. The average molecular weight is 339 g/mol. The predicted molar refractivity (Wildman–Crippen MR) is 88.7 cm³/mol. The number of hydrogen-bond acceptors (Lipinski definition) is 4. The van der Waals surface area contributed by atoms with Gasteiger partial charge in [0.15, 0.2) is 0 Å². The highest BCUT2D eigenvalue weighted by molar-refractivity contribution is 7.89. The first-order valence-corrected chi connectivity index (χ1v) is 9.60. The van der Waals surface area contributed by atoms with Gasteiger partial charge in [-0.3, -0.25) is 4.79 Å². The molecule has 0 aliphatic heterocycles. The summed E-state index contributed by atoms with van der Waals surface area (Å²) in [4.78, 5) is 12.4. The minimum absolute atomic E-state index is 0.178. The third-order valence-electron chi connectivity index (χ3n) is 4.31. The molecule has 1 saturated carbocycles. The summed E-state index contributed by atoms with van der Waals surface area (Å²) in [5.41, 5.74) is -0.0455. The van der Waals surface area contributed by atoms with E-state index >= 15 is 0 Å². The summed E-state index contributed by atoms with van der Waals surface area (Å²) < 4.78 is 33.0. The second-order valence-corrected chi connectivity index (χ2v) is 8.02. The quantitative estimate of drug-likeness (QED) is 0.809. The molecule has 0 atom stereocenters. The van der Waals surface area contributed by atoms with Crippen LogP contribution in [0.3, 0.4) is 0 Å². The van der Waals surface area contributed by atoms with Gasteiger partial charge in [0.2, 0.25) is 10.0 Å². The highest BCUT2D eigenvalue weighted by Gasteiger charge is 2.45.